The van der Waals surface area contributed by atoms with E-state index in [-0.39, 0.29) is 0 Å². The van der Waals surface area contributed by atoms with Crippen LogP contribution in [0.3, 0.4) is 0 Å². The monoisotopic (exact) mass is 203 g/mol. The summed E-state index contributed by atoms with van der Waals surface area (Å²) >= 11 is 0. The van der Waals surface area contributed by atoms with Gasteiger partial charge in [0.2, 0.25) is 0 Å². The van der Waals surface area contributed by atoms with Crippen molar-refractivity contribution in [1.82, 2.24) is 0 Å². The van der Waals surface area contributed by atoms with Crippen LogP contribution >= 0.6 is 0 Å². The second-order valence-corrected chi connectivity index (χ2v) is 4.59. The highest BCUT2D eigenvalue weighted by Gasteiger charge is 2.16. The van der Waals surface area contributed by atoms with E-state index in [1.165, 1.54) is 44.2 Å². The minimum atomic E-state index is 0.759. The molecule has 2 rings (SSSR count). The van der Waals surface area contributed by atoms with Gasteiger partial charge >= 0.3 is 0 Å². The normalized spacial score (nSPS) is 18.5. The summed E-state index contributed by atoms with van der Waals surface area (Å²) in [6.07, 6.45) is 8.40. The van der Waals surface area contributed by atoms with Crippen LogP contribution in [0.2, 0.25) is 0 Å². The highest BCUT2D eigenvalue weighted by Crippen LogP contribution is 2.24. The zero-order chi connectivity index (χ0) is 10.5. The summed E-state index contributed by atoms with van der Waals surface area (Å²) in [6, 6.07) is 11.5. The largest absolute Gasteiger partial charge is 0.372 e. The lowest BCUT2D eigenvalue weighted by Crippen LogP contribution is -2.30. The third kappa shape index (κ3) is 2.74. The number of hydrogen-bond acceptors (Lipinski definition) is 1. The first-order valence-corrected chi connectivity index (χ1v) is 6.16. The minimum absolute atomic E-state index is 0.759. The van der Waals surface area contributed by atoms with Crippen molar-refractivity contribution < 1.29 is 0 Å². The quantitative estimate of drug-likeness (QED) is 0.660. The van der Waals surface area contributed by atoms with E-state index in [0.717, 1.165) is 6.04 Å². The van der Waals surface area contributed by atoms with Crippen LogP contribution < -0.4 is 4.90 Å². The standard InChI is InChI=1S/C14H21N/c1-15(14-11-7-4-8-12-14)13-9-5-2-3-6-10-13/h4,7-8,11-13H,2-3,5-6,9-10H2,1H3. The molecule has 1 aliphatic rings. The molecule has 0 unspecified atom stereocenters. The van der Waals surface area contributed by atoms with Crippen molar-refractivity contribution in [2.24, 2.45) is 0 Å². The molecule has 82 valence electrons. The average molecular weight is 203 g/mol. The SMILES string of the molecule is CN(c1ccccc1)C1CCCCCC1. The first-order valence-electron chi connectivity index (χ1n) is 6.16. The van der Waals surface area contributed by atoms with Crippen LogP contribution in [-0.2, 0) is 0 Å². The fourth-order valence-corrected chi connectivity index (χ4v) is 2.52. The van der Waals surface area contributed by atoms with Gasteiger partial charge in [0.05, 0.1) is 0 Å². The van der Waals surface area contributed by atoms with Crippen molar-refractivity contribution in [2.75, 3.05) is 11.9 Å². The van der Waals surface area contributed by atoms with E-state index in [2.05, 4.69) is 42.3 Å². The fraction of sp³-hybridized carbons (Fsp3) is 0.571. The zero-order valence-electron chi connectivity index (χ0n) is 9.65. The van der Waals surface area contributed by atoms with E-state index in [4.69, 9.17) is 0 Å². The second-order valence-electron chi connectivity index (χ2n) is 4.59. The summed E-state index contributed by atoms with van der Waals surface area (Å²) in [4.78, 5) is 2.46. The van der Waals surface area contributed by atoms with Crippen LogP contribution in [0.4, 0.5) is 5.69 Å². The molecular formula is C14H21N. The molecule has 1 heteroatoms. The maximum absolute atomic E-state index is 2.46. The second kappa shape index (κ2) is 5.20. The number of rotatable bonds is 2. The van der Waals surface area contributed by atoms with Gasteiger partial charge in [-0.2, -0.15) is 0 Å². The van der Waals surface area contributed by atoms with E-state index in [0.29, 0.717) is 0 Å². The van der Waals surface area contributed by atoms with E-state index >= 15 is 0 Å². The maximum Gasteiger partial charge on any atom is 0.0366 e. The van der Waals surface area contributed by atoms with Gasteiger partial charge in [-0.15, -0.1) is 0 Å². The fourth-order valence-electron chi connectivity index (χ4n) is 2.52. The molecule has 1 saturated carbocycles. The maximum atomic E-state index is 2.46. The van der Waals surface area contributed by atoms with E-state index in [9.17, 15) is 0 Å². The van der Waals surface area contributed by atoms with Gasteiger partial charge in [-0.25, -0.2) is 0 Å². The molecule has 0 N–H and O–H groups in total. The van der Waals surface area contributed by atoms with Gasteiger partial charge in [0, 0.05) is 18.8 Å². The van der Waals surface area contributed by atoms with Crippen molar-refractivity contribution in [3.05, 3.63) is 30.3 Å². The summed E-state index contributed by atoms with van der Waals surface area (Å²) in [7, 11) is 2.24. The van der Waals surface area contributed by atoms with Gasteiger partial charge in [0.15, 0.2) is 0 Å². The molecule has 0 amide bonds. The van der Waals surface area contributed by atoms with Gasteiger partial charge in [0.1, 0.15) is 0 Å². The third-order valence-electron chi connectivity index (χ3n) is 3.54. The van der Waals surface area contributed by atoms with Crippen molar-refractivity contribution in [3.8, 4) is 0 Å². The first-order chi connectivity index (χ1) is 7.38. The number of anilines is 1. The lowest BCUT2D eigenvalue weighted by molar-refractivity contribution is 0.553. The minimum Gasteiger partial charge on any atom is -0.372 e. The van der Waals surface area contributed by atoms with Gasteiger partial charge in [-0.05, 0) is 25.0 Å². The summed E-state index contributed by atoms with van der Waals surface area (Å²) in [5.41, 5.74) is 1.37. The Kier molecular flexibility index (Phi) is 3.65. The molecule has 0 aliphatic heterocycles. The summed E-state index contributed by atoms with van der Waals surface area (Å²) in [5, 5.41) is 0. The highest BCUT2D eigenvalue weighted by atomic mass is 15.1. The van der Waals surface area contributed by atoms with Crippen LogP contribution in [0.1, 0.15) is 38.5 Å². The Morgan fingerprint density at radius 2 is 1.53 bits per heavy atom. The lowest BCUT2D eigenvalue weighted by Gasteiger charge is -2.29. The molecule has 15 heavy (non-hydrogen) atoms. The molecule has 1 aromatic rings. The summed E-state index contributed by atoms with van der Waals surface area (Å²) < 4.78 is 0. The molecular weight excluding hydrogens is 182 g/mol. The molecule has 0 heterocycles. The van der Waals surface area contributed by atoms with Crippen molar-refractivity contribution in [3.63, 3.8) is 0 Å². The van der Waals surface area contributed by atoms with Gasteiger partial charge in [-0.3, -0.25) is 0 Å². The molecule has 1 nitrogen and oxygen atoms in total. The number of hydrogen-bond donors (Lipinski definition) is 0. The Bertz CT molecular complexity index is 273. The van der Waals surface area contributed by atoms with E-state index in [1.54, 1.807) is 0 Å². The molecule has 1 aliphatic carbocycles. The molecule has 0 atom stereocenters. The lowest BCUT2D eigenvalue weighted by atomic mass is 10.1. The molecule has 0 bridgehead atoms. The van der Waals surface area contributed by atoms with Gasteiger partial charge in [-0.1, -0.05) is 43.9 Å². The summed E-state index contributed by atoms with van der Waals surface area (Å²) in [5.74, 6) is 0. The Morgan fingerprint density at radius 3 is 2.13 bits per heavy atom. The van der Waals surface area contributed by atoms with Crippen molar-refractivity contribution in [2.45, 2.75) is 44.6 Å². The van der Waals surface area contributed by atoms with Crippen molar-refractivity contribution in [1.29, 1.82) is 0 Å². The Labute approximate surface area is 93.1 Å². The third-order valence-corrected chi connectivity index (χ3v) is 3.54. The Balaban J connectivity index is 2.03. The number of nitrogens with zero attached hydrogens (tertiary/aromatic N) is 1. The Hall–Kier alpha value is -0.980. The topological polar surface area (TPSA) is 3.24 Å². The van der Waals surface area contributed by atoms with Crippen molar-refractivity contribution >= 4 is 5.69 Å². The zero-order valence-corrected chi connectivity index (χ0v) is 9.65. The number of para-hydroxylation sites is 1. The molecule has 0 aromatic heterocycles. The van der Waals surface area contributed by atoms with Crippen LogP contribution in [0.5, 0.6) is 0 Å². The van der Waals surface area contributed by atoms with Crippen LogP contribution in [0.25, 0.3) is 0 Å². The molecule has 0 radical (unpaired) electrons. The van der Waals surface area contributed by atoms with Crippen LogP contribution in [-0.4, -0.2) is 13.1 Å². The molecule has 1 fully saturated rings. The highest BCUT2D eigenvalue weighted by molar-refractivity contribution is 5.46. The van der Waals surface area contributed by atoms with Crippen LogP contribution in [0, 0.1) is 0 Å². The average Bonchev–Trinajstić information content (AvgIpc) is 2.58. The predicted molar refractivity (Wildman–Crippen MR) is 66.3 cm³/mol. The van der Waals surface area contributed by atoms with Gasteiger partial charge < -0.3 is 4.90 Å². The predicted octanol–water partition coefficient (Wildman–Crippen LogP) is 3.85. The first kappa shape index (κ1) is 10.5. The smallest absolute Gasteiger partial charge is 0.0366 e. The molecule has 0 saturated heterocycles. The molecule has 0 spiro atoms. The van der Waals surface area contributed by atoms with E-state index in [1.807, 2.05) is 0 Å². The van der Waals surface area contributed by atoms with Crippen LogP contribution in [0.15, 0.2) is 30.3 Å². The molecule has 1 aromatic carbocycles. The van der Waals surface area contributed by atoms with Gasteiger partial charge in [0.25, 0.3) is 0 Å². The van der Waals surface area contributed by atoms with E-state index < -0.39 is 0 Å². The number of benzene rings is 1. The Morgan fingerprint density at radius 1 is 0.933 bits per heavy atom. The summed E-state index contributed by atoms with van der Waals surface area (Å²) in [6.45, 7) is 0.